The molecule has 0 saturated carbocycles. The van der Waals surface area contributed by atoms with Crippen LogP contribution in [0.4, 0.5) is 4.79 Å². The molecule has 0 spiro atoms. The summed E-state index contributed by atoms with van der Waals surface area (Å²) >= 11 is 5.91. The summed E-state index contributed by atoms with van der Waals surface area (Å²) in [5.74, 6) is 1.30. The number of ether oxygens (including phenoxy) is 1. The summed E-state index contributed by atoms with van der Waals surface area (Å²) < 4.78 is 11.2. The molecule has 0 radical (unpaired) electrons. The highest BCUT2D eigenvalue weighted by molar-refractivity contribution is 6.30. The number of hydrogen-bond acceptors (Lipinski definition) is 4. The molecule has 0 atom stereocenters. The second-order valence-corrected chi connectivity index (χ2v) is 8.67. The standard InChI is InChI=1S/C22H27ClN2O4/c1-22(2,3)29-21(27)25-12-10-16(11-13-25)20(26)24-14-18-8-9-19(28-18)15-4-6-17(23)7-5-15/h4-9,16H,10-14H2,1-3H3,(H,24,26). The Morgan fingerprint density at radius 1 is 1.14 bits per heavy atom. The lowest BCUT2D eigenvalue weighted by Crippen LogP contribution is -2.44. The van der Waals surface area contributed by atoms with Crippen molar-refractivity contribution in [3.63, 3.8) is 0 Å². The molecule has 1 saturated heterocycles. The van der Waals surface area contributed by atoms with Crippen LogP contribution in [0, 0.1) is 5.92 Å². The summed E-state index contributed by atoms with van der Waals surface area (Å²) in [5.41, 5.74) is 0.417. The number of hydrogen-bond donors (Lipinski definition) is 1. The molecule has 0 aliphatic carbocycles. The van der Waals surface area contributed by atoms with E-state index in [9.17, 15) is 9.59 Å². The molecule has 1 aliphatic rings. The number of nitrogens with zero attached hydrogens (tertiary/aromatic N) is 1. The van der Waals surface area contributed by atoms with E-state index in [1.165, 1.54) is 0 Å². The number of amides is 2. The molecular formula is C22H27ClN2O4. The lowest BCUT2D eigenvalue weighted by molar-refractivity contribution is -0.126. The van der Waals surface area contributed by atoms with Crippen LogP contribution < -0.4 is 5.32 Å². The molecule has 1 fully saturated rings. The van der Waals surface area contributed by atoms with Gasteiger partial charge in [0, 0.05) is 29.6 Å². The highest BCUT2D eigenvalue weighted by Crippen LogP contribution is 2.24. The minimum Gasteiger partial charge on any atom is -0.459 e. The Morgan fingerprint density at radius 2 is 1.79 bits per heavy atom. The normalized spacial score (nSPS) is 15.2. The number of halogens is 1. The van der Waals surface area contributed by atoms with Gasteiger partial charge in [0.25, 0.3) is 0 Å². The summed E-state index contributed by atoms with van der Waals surface area (Å²) in [7, 11) is 0. The number of rotatable bonds is 4. The summed E-state index contributed by atoms with van der Waals surface area (Å²) in [5, 5.41) is 3.61. The van der Waals surface area contributed by atoms with Crippen molar-refractivity contribution in [3.8, 4) is 11.3 Å². The van der Waals surface area contributed by atoms with E-state index in [1.54, 1.807) is 4.90 Å². The van der Waals surface area contributed by atoms with Crippen molar-refractivity contribution in [1.29, 1.82) is 0 Å². The first-order valence-corrected chi connectivity index (χ1v) is 10.2. The third-order valence-electron chi connectivity index (χ3n) is 4.74. The summed E-state index contributed by atoms with van der Waals surface area (Å²) in [6, 6.07) is 11.1. The van der Waals surface area contributed by atoms with E-state index in [2.05, 4.69) is 5.32 Å². The van der Waals surface area contributed by atoms with Crippen LogP contribution in [-0.4, -0.2) is 35.6 Å². The Morgan fingerprint density at radius 3 is 2.41 bits per heavy atom. The van der Waals surface area contributed by atoms with E-state index in [4.69, 9.17) is 20.8 Å². The van der Waals surface area contributed by atoms with E-state index in [0.29, 0.717) is 43.3 Å². The van der Waals surface area contributed by atoms with E-state index in [1.807, 2.05) is 57.2 Å². The van der Waals surface area contributed by atoms with Gasteiger partial charge in [-0.15, -0.1) is 0 Å². The predicted octanol–water partition coefficient (Wildman–Crippen LogP) is 4.86. The smallest absolute Gasteiger partial charge is 0.410 e. The van der Waals surface area contributed by atoms with Crippen LogP contribution in [-0.2, 0) is 16.1 Å². The van der Waals surface area contributed by atoms with Crippen molar-refractivity contribution in [1.82, 2.24) is 10.2 Å². The van der Waals surface area contributed by atoms with Crippen molar-refractivity contribution in [2.45, 2.75) is 45.8 Å². The quantitative estimate of drug-likeness (QED) is 0.769. The SMILES string of the molecule is CC(C)(C)OC(=O)N1CCC(C(=O)NCc2ccc(-c3ccc(Cl)cc3)o2)CC1. The van der Waals surface area contributed by atoms with Gasteiger partial charge in [0.2, 0.25) is 5.91 Å². The molecule has 2 aromatic rings. The predicted molar refractivity (Wildman–Crippen MR) is 112 cm³/mol. The monoisotopic (exact) mass is 418 g/mol. The number of carbonyl (C=O) groups excluding carboxylic acids is 2. The Kier molecular flexibility index (Phi) is 6.52. The van der Waals surface area contributed by atoms with Gasteiger partial charge in [-0.05, 0) is 70.0 Å². The molecule has 2 amide bonds. The van der Waals surface area contributed by atoms with Crippen LogP contribution in [0.3, 0.4) is 0 Å². The average molecular weight is 419 g/mol. The summed E-state index contributed by atoms with van der Waals surface area (Å²) in [4.78, 5) is 26.3. The van der Waals surface area contributed by atoms with Gasteiger partial charge >= 0.3 is 6.09 Å². The Bertz CT molecular complexity index is 846. The molecule has 0 bridgehead atoms. The van der Waals surface area contributed by atoms with E-state index in [0.717, 1.165) is 11.3 Å². The molecule has 1 aromatic heterocycles. The van der Waals surface area contributed by atoms with Crippen LogP contribution in [0.5, 0.6) is 0 Å². The fraction of sp³-hybridized carbons (Fsp3) is 0.455. The summed E-state index contributed by atoms with van der Waals surface area (Å²) in [6.07, 6.45) is 0.931. The highest BCUT2D eigenvalue weighted by atomic mass is 35.5. The van der Waals surface area contributed by atoms with Crippen molar-refractivity contribution < 1.29 is 18.7 Å². The van der Waals surface area contributed by atoms with Gasteiger partial charge < -0.3 is 19.4 Å². The molecule has 1 aliphatic heterocycles. The van der Waals surface area contributed by atoms with E-state index >= 15 is 0 Å². The van der Waals surface area contributed by atoms with Crippen molar-refractivity contribution in [3.05, 3.63) is 47.2 Å². The van der Waals surface area contributed by atoms with Gasteiger partial charge in [-0.25, -0.2) is 4.79 Å². The second-order valence-electron chi connectivity index (χ2n) is 8.23. The molecule has 7 heteroatoms. The maximum atomic E-state index is 12.5. The number of carbonyl (C=O) groups is 2. The average Bonchev–Trinajstić information content (AvgIpc) is 3.14. The molecule has 6 nitrogen and oxygen atoms in total. The fourth-order valence-electron chi connectivity index (χ4n) is 3.21. The lowest BCUT2D eigenvalue weighted by atomic mass is 9.96. The zero-order valence-corrected chi connectivity index (χ0v) is 17.8. The molecule has 0 unspecified atom stereocenters. The number of nitrogens with one attached hydrogen (secondary N) is 1. The van der Waals surface area contributed by atoms with E-state index < -0.39 is 5.60 Å². The topological polar surface area (TPSA) is 71.8 Å². The largest absolute Gasteiger partial charge is 0.459 e. The van der Waals surface area contributed by atoms with E-state index in [-0.39, 0.29) is 17.9 Å². The van der Waals surface area contributed by atoms with Gasteiger partial charge in [-0.1, -0.05) is 11.6 Å². The second kappa shape index (κ2) is 8.91. The number of piperidine rings is 1. The molecule has 156 valence electrons. The van der Waals surface area contributed by atoms with Gasteiger partial charge in [-0.3, -0.25) is 4.79 Å². The van der Waals surface area contributed by atoms with Gasteiger partial charge in [0.05, 0.1) is 6.54 Å². The minimum absolute atomic E-state index is 0.0155. The zero-order valence-electron chi connectivity index (χ0n) is 17.0. The number of furan rings is 1. The minimum atomic E-state index is -0.515. The third kappa shape index (κ3) is 6.00. The van der Waals surface area contributed by atoms with Crippen LogP contribution in [0.2, 0.25) is 5.02 Å². The zero-order chi connectivity index (χ0) is 21.0. The third-order valence-corrected chi connectivity index (χ3v) is 5.00. The van der Waals surface area contributed by atoms with Crippen LogP contribution >= 0.6 is 11.6 Å². The van der Waals surface area contributed by atoms with Gasteiger partial charge in [0.1, 0.15) is 17.1 Å². The first-order chi connectivity index (χ1) is 13.7. The molecular weight excluding hydrogens is 392 g/mol. The lowest BCUT2D eigenvalue weighted by Gasteiger charge is -2.32. The number of benzene rings is 1. The van der Waals surface area contributed by atoms with Gasteiger partial charge in [-0.2, -0.15) is 0 Å². The van der Waals surface area contributed by atoms with Gasteiger partial charge in [0.15, 0.2) is 0 Å². The Hall–Kier alpha value is -2.47. The maximum absolute atomic E-state index is 12.5. The number of likely N-dealkylation sites (tertiary alicyclic amines) is 1. The summed E-state index contributed by atoms with van der Waals surface area (Å²) in [6.45, 7) is 6.91. The molecule has 1 aromatic carbocycles. The molecule has 3 rings (SSSR count). The maximum Gasteiger partial charge on any atom is 0.410 e. The first kappa shape index (κ1) is 21.2. The Labute approximate surface area is 176 Å². The van der Waals surface area contributed by atoms with Crippen LogP contribution in [0.1, 0.15) is 39.4 Å². The molecule has 29 heavy (non-hydrogen) atoms. The molecule has 1 N–H and O–H groups in total. The highest BCUT2D eigenvalue weighted by Gasteiger charge is 2.29. The van der Waals surface area contributed by atoms with Crippen LogP contribution in [0.25, 0.3) is 11.3 Å². The first-order valence-electron chi connectivity index (χ1n) is 9.81. The molecule has 2 heterocycles. The van der Waals surface area contributed by atoms with Crippen molar-refractivity contribution >= 4 is 23.6 Å². The fourth-order valence-corrected chi connectivity index (χ4v) is 3.34. The van der Waals surface area contributed by atoms with Crippen molar-refractivity contribution in [2.75, 3.05) is 13.1 Å². The van der Waals surface area contributed by atoms with Crippen molar-refractivity contribution in [2.24, 2.45) is 5.92 Å². The Balaban J connectivity index is 1.46. The van der Waals surface area contributed by atoms with Crippen LogP contribution in [0.15, 0.2) is 40.8 Å².